The van der Waals surface area contributed by atoms with Crippen LogP contribution in [0.15, 0.2) is 60.7 Å². The van der Waals surface area contributed by atoms with Crippen LogP contribution in [0.4, 0.5) is 0 Å². The van der Waals surface area contributed by atoms with Gasteiger partial charge in [-0.15, -0.1) is 0 Å². The second kappa shape index (κ2) is 5.63. The summed E-state index contributed by atoms with van der Waals surface area (Å²) in [7, 11) is 0. The SMILES string of the molecule is c1ccc(CN2OC[C@@H]3C[C@H](c4ccccc4)C[C@@H]32)cc1. The van der Waals surface area contributed by atoms with Crippen molar-refractivity contribution in [2.24, 2.45) is 5.92 Å². The summed E-state index contributed by atoms with van der Waals surface area (Å²) in [4.78, 5) is 5.94. The van der Waals surface area contributed by atoms with E-state index in [-0.39, 0.29) is 0 Å². The van der Waals surface area contributed by atoms with Gasteiger partial charge in [0.25, 0.3) is 0 Å². The number of benzene rings is 2. The van der Waals surface area contributed by atoms with Gasteiger partial charge in [0.05, 0.1) is 6.61 Å². The fourth-order valence-electron chi connectivity index (χ4n) is 3.85. The maximum atomic E-state index is 5.94. The minimum atomic E-state index is 0.579. The molecular formula is C19H21NO. The summed E-state index contributed by atoms with van der Waals surface area (Å²) in [6.45, 7) is 1.80. The molecule has 1 aliphatic heterocycles. The Kier molecular flexibility index (Phi) is 3.50. The number of fused-ring (bicyclic) bond motifs is 1. The first-order valence-electron chi connectivity index (χ1n) is 7.88. The highest BCUT2D eigenvalue weighted by molar-refractivity contribution is 5.22. The monoisotopic (exact) mass is 279 g/mol. The van der Waals surface area contributed by atoms with E-state index in [0.717, 1.165) is 13.2 Å². The van der Waals surface area contributed by atoms with Crippen molar-refractivity contribution in [3.8, 4) is 0 Å². The summed E-state index contributed by atoms with van der Waals surface area (Å²) in [6.07, 6.45) is 2.49. The Bertz CT molecular complexity index is 583. The van der Waals surface area contributed by atoms with Crippen LogP contribution in [0.25, 0.3) is 0 Å². The van der Waals surface area contributed by atoms with Crippen molar-refractivity contribution in [1.29, 1.82) is 0 Å². The van der Waals surface area contributed by atoms with E-state index in [9.17, 15) is 0 Å². The highest BCUT2D eigenvalue weighted by Gasteiger charge is 2.43. The molecule has 2 fully saturated rings. The number of hydrogen-bond acceptors (Lipinski definition) is 2. The van der Waals surface area contributed by atoms with E-state index in [1.807, 2.05) is 0 Å². The molecule has 0 radical (unpaired) electrons. The zero-order chi connectivity index (χ0) is 14.1. The Morgan fingerprint density at radius 2 is 1.62 bits per heavy atom. The third-order valence-corrected chi connectivity index (χ3v) is 4.93. The molecule has 2 aromatic rings. The first kappa shape index (κ1) is 13.1. The third-order valence-electron chi connectivity index (χ3n) is 4.93. The molecule has 0 N–H and O–H groups in total. The van der Waals surface area contributed by atoms with Crippen LogP contribution >= 0.6 is 0 Å². The van der Waals surface area contributed by atoms with Crippen LogP contribution in [-0.4, -0.2) is 17.7 Å². The van der Waals surface area contributed by atoms with E-state index in [1.54, 1.807) is 0 Å². The van der Waals surface area contributed by atoms with Gasteiger partial charge in [-0.25, -0.2) is 0 Å². The molecule has 4 rings (SSSR count). The summed E-state index contributed by atoms with van der Waals surface area (Å²) >= 11 is 0. The molecular weight excluding hydrogens is 258 g/mol. The summed E-state index contributed by atoms with van der Waals surface area (Å²) in [5.41, 5.74) is 2.83. The molecule has 0 spiro atoms. The number of hydroxylamine groups is 2. The number of nitrogens with zero attached hydrogens (tertiary/aromatic N) is 1. The van der Waals surface area contributed by atoms with Crippen LogP contribution in [0.5, 0.6) is 0 Å². The standard InChI is InChI=1S/C19H21NO/c1-3-7-15(8-4-1)13-20-19-12-17(11-18(19)14-21-20)16-9-5-2-6-10-16/h1-10,17-19H,11-14H2/t17-,18-,19-/m0/s1. The first-order valence-corrected chi connectivity index (χ1v) is 7.88. The fourth-order valence-corrected chi connectivity index (χ4v) is 3.85. The van der Waals surface area contributed by atoms with E-state index in [4.69, 9.17) is 4.84 Å². The van der Waals surface area contributed by atoms with Crippen molar-refractivity contribution in [2.45, 2.75) is 31.3 Å². The van der Waals surface area contributed by atoms with Gasteiger partial charge in [-0.2, -0.15) is 5.06 Å². The van der Waals surface area contributed by atoms with Crippen molar-refractivity contribution in [3.63, 3.8) is 0 Å². The second-order valence-corrected chi connectivity index (χ2v) is 6.26. The van der Waals surface area contributed by atoms with Crippen LogP contribution in [-0.2, 0) is 11.4 Å². The van der Waals surface area contributed by atoms with E-state index in [0.29, 0.717) is 17.9 Å². The lowest BCUT2D eigenvalue weighted by Crippen LogP contribution is -2.28. The molecule has 2 aliphatic rings. The average molecular weight is 279 g/mol. The van der Waals surface area contributed by atoms with Crippen molar-refractivity contribution in [1.82, 2.24) is 5.06 Å². The van der Waals surface area contributed by atoms with Gasteiger partial charge in [0.2, 0.25) is 0 Å². The lowest BCUT2D eigenvalue weighted by atomic mass is 9.97. The molecule has 1 aliphatic carbocycles. The minimum Gasteiger partial charge on any atom is -0.298 e. The van der Waals surface area contributed by atoms with Gasteiger partial charge in [0.1, 0.15) is 0 Å². The molecule has 1 saturated carbocycles. The minimum absolute atomic E-state index is 0.579. The smallest absolute Gasteiger partial charge is 0.0729 e. The third kappa shape index (κ3) is 2.61. The van der Waals surface area contributed by atoms with Crippen LogP contribution in [0.2, 0.25) is 0 Å². The van der Waals surface area contributed by atoms with E-state index >= 15 is 0 Å². The van der Waals surface area contributed by atoms with Gasteiger partial charge < -0.3 is 0 Å². The van der Waals surface area contributed by atoms with Crippen molar-refractivity contribution in [2.75, 3.05) is 6.61 Å². The normalized spacial score (nSPS) is 28.7. The predicted octanol–water partition coefficient (Wildman–Crippen LogP) is 4.00. The Hall–Kier alpha value is -1.64. The predicted molar refractivity (Wildman–Crippen MR) is 83.6 cm³/mol. The van der Waals surface area contributed by atoms with Gasteiger partial charge >= 0.3 is 0 Å². The summed E-state index contributed by atoms with van der Waals surface area (Å²) in [5.74, 6) is 1.39. The molecule has 2 heteroatoms. The molecule has 0 aromatic heterocycles. The second-order valence-electron chi connectivity index (χ2n) is 6.26. The van der Waals surface area contributed by atoms with Crippen molar-refractivity contribution < 1.29 is 4.84 Å². The molecule has 1 heterocycles. The molecule has 2 aromatic carbocycles. The van der Waals surface area contributed by atoms with E-state index in [2.05, 4.69) is 65.7 Å². The molecule has 2 nitrogen and oxygen atoms in total. The maximum absolute atomic E-state index is 5.94. The van der Waals surface area contributed by atoms with Gasteiger partial charge in [-0.1, -0.05) is 60.7 Å². The number of rotatable bonds is 3. The highest BCUT2D eigenvalue weighted by Crippen LogP contribution is 2.44. The molecule has 0 amide bonds. The van der Waals surface area contributed by atoms with Gasteiger partial charge in [0, 0.05) is 18.5 Å². The van der Waals surface area contributed by atoms with Crippen LogP contribution in [0.1, 0.15) is 29.9 Å². The number of hydrogen-bond donors (Lipinski definition) is 0. The highest BCUT2D eigenvalue weighted by atomic mass is 16.7. The fraction of sp³-hybridized carbons (Fsp3) is 0.368. The average Bonchev–Trinajstić information content (AvgIpc) is 3.11. The van der Waals surface area contributed by atoms with Crippen molar-refractivity contribution in [3.05, 3.63) is 71.8 Å². The Balaban J connectivity index is 1.46. The lowest BCUT2D eigenvalue weighted by molar-refractivity contribution is -0.141. The largest absolute Gasteiger partial charge is 0.298 e. The Labute approximate surface area is 126 Å². The molecule has 0 bridgehead atoms. The van der Waals surface area contributed by atoms with Crippen LogP contribution in [0, 0.1) is 5.92 Å². The van der Waals surface area contributed by atoms with Gasteiger partial charge in [0.15, 0.2) is 0 Å². The van der Waals surface area contributed by atoms with Crippen LogP contribution < -0.4 is 0 Å². The zero-order valence-corrected chi connectivity index (χ0v) is 12.2. The van der Waals surface area contributed by atoms with Gasteiger partial charge in [-0.3, -0.25) is 4.84 Å². The molecule has 0 unspecified atom stereocenters. The molecule has 1 saturated heterocycles. The molecule has 3 atom stereocenters. The van der Waals surface area contributed by atoms with Gasteiger partial charge in [-0.05, 0) is 29.9 Å². The lowest BCUT2D eigenvalue weighted by Gasteiger charge is -2.22. The Morgan fingerprint density at radius 1 is 0.905 bits per heavy atom. The van der Waals surface area contributed by atoms with Crippen LogP contribution in [0.3, 0.4) is 0 Å². The Morgan fingerprint density at radius 3 is 2.38 bits per heavy atom. The quantitative estimate of drug-likeness (QED) is 0.842. The molecule has 108 valence electrons. The maximum Gasteiger partial charge on any atom is 0.0729 e. The van der Waals surface area contributed by atoms with Crippen molar-refractivity contribution >= 4 is 0 Å². The molecule has 21 heavy (non-hydrogen) atoms. The zero-order valence-electron chi connectivity index (χ0n) is 12.2. The summed E-state index contributed by atoms with van der Waals surface area (Å²) in [6, 6.07) is 22.2. The summed E-state index contributed by atoms with van der Waals surface area (Å²) < 4.78 is 0. The topological polar surface area (TPSA) is 12.5 Å². The van der Waals surface area contributed by atoms with E-state index < -0.39 is 0 Å². The summed E-state index contributed by atoms with van der Waals surface area (Å²) in [5, 5.41) is 2.23. The van der Waals surface area contributed by atoms with E-state index in [1.165, 1.54) is 24.0 Å². The first-order chi connectivity index (χ1) is 10.4.